The molecule has 0 saturated heterocycles. The molecule has 2 nitrogen and oxygen atoms in total. The number of hydrogen-bond donors (Lipinski definition) is 1. The van der Waals surface area contributed by atoms with Crippen LogP contribution in [0, 0.1) is 6.92 Å². The molecule has 0 spiro atoms. The second kappa shape index (κ2) is 7.22. The summed E-state index contributed by atoms with van der Waals surface area (Å²) in [6.07, 6.45) is 0.953. The van der Waals surface area contributed by atoms with Crippen LogP contribution in [0.25, 0.3) is 0 Å². The summed E-state index contributed by atoms with van der Waals surface area (Å²) in [5, 5.41) is 0. The number of rotatable bonds is 6. The van der Waals surface area contributed by atoms with E-state index in [-0.39, 0.29) is 0 Å². The molecule has 0 saturated carbocycles. The molecule has 2 rings (SSSR count). The Hall–Kier alpha value is -1.64. The van der Waals surface area contributed by atoms with Gasteiger partial charge in [0.05, 0.1) is 0 Å². The topological polar surface area (TPSA) is 29.3 Å². The molecule has 0 fully saturated rings. The van der Waals surface area contributed by atoms with E-state index >= 15 is 0 Å². The maximum Gasteiger partial charge on any atom is 0.0236 e. The van der Waals surface area contributed by atoms with Crippen LogP contribution in [0.1, 0.15) is 22.3 Å². The van der Waals surface area contributed by atoms with E-state index in [0.717, 1.165) is 19.5 Å². The minimum absolute atomic E-state index is 0.707. The summed E-state index contributed by atoms with van der Waals surface area (Å²) >= 11 is 0. The molecule has 0 atom stereocenters. The van der Waals surface area contributed by atoms with Gasteiger partial charge in [0.1, 0.15) is 0 Å². The number of nitrogens with zero attached hydrogens (tertiary/aromatic N) is 1. The Morgan fingerprint density at radius 1 is 0.950 bits per heavy atom. The van der Waals surface area contributed by atoms with Gasteiger partial charge in [0.15, 0.2) is 0 Å². The molecular formula is C18H24N2. The average Bonchev–Trinajstić information content (AvgIpc) is 2.41. The molecular weight excluding hydrogens is 244 g/mol. The Bertz CT molecular complexity index is 549. The molecule has 2 heteroatoms. The number of nitrogens with two attached hydrogens (primary N) is 1. The lowest BCUT2D eigenvalue weighted by atomic mass is 10.0. The largest absolute Gasteiger partial charge is 0.330 e. The average molecular weight is 268 g/mol. The maximum absolute atomic E-state index is 5.69. The maximum atomic E-state index is 5.69. The Morgan fingerprint density at radius 3 is 2.40 bits per heavy atom. The highest BCUT2D eigenvalue weighted by Gasteiger charge is 2.05. The van der Waals surface area contributed by atoms with Crippen LogP contribution in [0.3, 0.4) is 0 Å². The standard InChI is InChI=1S/C18H24N2/c1-15-6-5-7-16(12-15)13-20(2)14-18-9-4-3-8-17(18)10-11-19/h3-9,12H,10-11,13-14,19H2,1-2H3. The van der Waals surface area contributed by atoms with Gasteiger partial charge < -0.3 is 5.73 Å². The van der Waals surface area contributed by atoms with E-state index in [2.05, 4.69) is 67.4 Å². The SMILES string of the molecule is Cc1cccc(CN(C)Cc2ccccc2CCN)c1. The van der Waals surface area contributed by atoms with E-state index < -0.39 is 0 Å². The molecule has 106 valence electrons. The zero-order valence-electron chi connectivity index (χ0n) is 12.5. The summed E-state index contributed by atoms with van der Waals surface area (Å²) < 4.78 is 0. The van der Waals surface area contributed by atoms with Crippen LogP contribution in [0.15, 0.2) is 48.5 Å². The zero-order valence-corrected chi connectivity index (χ0v) is 12.5. The van der Waals surface area contributed by atoms with Crippen molar-refractivity contribution in [2.75, 3.05) is 13.6 Å². The highest BCUT2D eigenvalue weighted by molar-refractivity contribution is 5.28. The van der Waals surface area contributed by atoms with Crippen molar-refractivity contribution in [2.24, 2.45) is 5.73 Å². The Labute approximate surface area is 122 Å². The van der Waals surface area contributed by atoms with Gasteiger partial charge in [-0.05, 0) is 43.6 Å². The third-order valence-corrected chi connectivity index (χ3v) is 3.51. The third kappa shape index (κ3) is 4.19. The van der Waals surface area contributed by atoms with Crippen molar-refractivity contribution in [1.29, 1.82) is 0 Å². The van der Waals surface area contributed by atoms with Crippen molar-refractivity contribution in [3.05, 3.63) is 70.8 Å². The van der Waals surface area contributed by atoms with Crippen LogP contribution >= 0.6 is 0 Å². The van der Waals surface area contributed by atoms with Gasteiger partial charge >= 0.3 is 0 Å². The van der Waals surface area contributed by atoms with E-state index in [1.54, 1.807) is 0 Å². The molecule has 0 heterocycles. The molecule has 0 amide bonds. The lowest BCUT2D eigenvalue weighted by molar-refractivity contribution is 0.318. The van der Waals surface area contributed by atoms with E-state index in [4.69, 9.17) is 5.73 Å². The number of benzene rings is 2. The van der Waals surface area contributed by atoms with Gasteiger partial charge in [-0.2, -0.15) is 0 Å². The molecule has 0 bridgehead atoms. The fourth-order valence-corrected chi connectivity index (χ4v) is 2.58. The number of hydrogen-bond acceptors (Lipinski definition) is 2. The van der Waals surface area contributed by atoms with Gasteiger partial charge in [0, 0.05) is 13.1 Å². The molecule has 0 aliphatic carbocycles. The van der Waals surface area contributed by atoms with Crippen molar-refractivity contribution in [2.45, 2.75) is 26.4 Å². The second-order valence-electron chi connectivity index (χ2n) is 5.47. The van der Waals surface area contributed by atoms with Crippen molar-refractivity contribution in [3.8, 4) is 0 Å². The van der Waals surface area contributed by atoms with Crippen molar-refractivity contribution < 1.29 is 0 Å². The Balaban J connectivity index is 2.02. The fraction of sp³-hybridized carbons (Fsp3) is 0.333. The summed E-state index contributed by atoms with van der Waals surface area (Å²) in [5.41, 5.74) is 11.1. The van der Waals surface area contributed by atoms with Gasteiger partial charge in [-0.3, -0.25) is 4.90 Å². The number of aryl methyl sites for hydroxylation is 1. The molecule has 20 heavy (non-hydrogen) atoms. The van der Waals surface area contributed by atoms with Crippen molar-refractivity contribution in [1.82, 2.24) is 4.90 Å². The van der Waals surface area contributed by atoms with Gasteiger partial charge in [-0.15, -0.1) is 0 Å². The minimum atomic E-state index is 0.707. The van der Waals surface area contributed by atoms with E-state index in [1.165, 1.54) is 22.3 Å². The monoisotopic (exact) mass is 268 g/mol. The first-order valence-electron chi connectivity index (χ1n) is 7.20. The Kier molecular flexibility index (Phi) is 5.33. The highest BCUT2D eigenvalue weighted by atomic mass is 15.1. The van der Waals surface area contributed by atoms with E-state index in [9.17, 15) is 0 Å². The molecule has 0 aromatic heterocycles. The van der Waals surface area contributed by atoms with Gasteiger partial charge in [-0.1, -0.05) is 54.1 Å². The lowest BCUT2D eigenvalue weighted by Gasteiger charge is -2.19. The first kappa shape index (κ1) is 14.8. The summed E-state index contributed by atoms with van der Waals surface area (Å²) in [6, 6.07) is 17.3. The van der Waals surface area contributed by atoms with E-state index in [1.807, 2.05) is 0 Å². The van der Waals surface area contributed by atoms with Crippen LogP contribution in [-0.2, 0) is 19.5 Å². The smallest absolute Gasteiger partial charge is 0.0236 e. The molecule has 2 aromatic carbocycles. The van der Waals surface area contributed by atoms with E-state index in [0.29, 0.717) is 6.54 Å². The molecule has 0 aliphatic heterocycles. The van der Waals surface area contributed by atoms with Gasteiger partial charge in [-0.25, -0.2) is 0 Å². The summed E-state index contributed by atoms with van der Waals surface area (Å²) in [5.74, 6) is 0. The quantitative estimate of drug-likeness (QED) is 0.872. The summed E-state index contributed by atoms with van der Waals surface area (Å²) in [7, 11) is 2.17. The normalized spacial score (nSPS) is 11.0. The first-order valence-corrected chi connectivity index (χ1v) is 7.20. The fourth-order valence-electron chi connectivity index (χ4n) is 2.58. The van der Waals surface area contributed by atoms with Crippen LogP contribution < -0.4 is 5.73 Å². The van der Waals surface area contributed by atoms with Gasteiger partial charge in [0.25, 0.3) is 0 Å². The molecule has 0 aliphatic rings. The minimum Gasteiger partial charge on any atom is -0.330 e. The second-order valence-corrected chi connectivity index (χ2v) is 5.47. The Morgan fingerprint density at radius 2 is 1.70 bits per heavy atom. The molecule has 2 N–H and O–H groups in total. The first-order chi connectivity index (χ1) is 9.69. The molecule has 0 unspecified atom stereocenters. The third-order valence-electron chi connectivity index (χ3n) is 3.51. The van der Waals surface area contributed by atoms with Crippen molar-refractivity contribution >= 4 is 0 Å². The molecule has 2 aromatic rings. The van der Waals surface area contributed by atoms with Gasteiger partial charge in [0.2, 0.25) is 0 Å². The predicted molar refractivity (Wildman–Crippen MR) is 85.6 cm³/mol. The zero-order chi connectivity index (χ0) is 14.4. The predicted octanol–water partition coefficient (Wildman–Crippen LogP) is 3.13. The van der Waals surface area contributed by atoms with Crippen LogP contribution in [-0.4, -0.2) is 18.5 Å². The highest BCUT2D eigenvalue weighted by Crippen LogP contribution is 2.14. The van der Waals surface area contributed by atoms with Crippen LogP contribution in [0.4, 0.5) is 0 Å². The van der Waals surface area contributed by atoms with Crippen LogP contribution in [0.5, 0.6) is 0 Å². The lowest BCUT2D eigenvalue weighted by Crippen LogP contribution is -2.18. The van der Waals surface area contributed by atoms with Crippen LogP contribution in [0.2, 0.25) is 0 Å². The summed E-state index contributed by atoms with van der Waals surface area (Å²) in [4.78, 5) is 2.35. The van der Waals surface area contributed by atoms with Crippen molar-refractivity contribution in [3.63, 3.8) is 0 Å². The summed E-state index contributed by atoms with van der Waals surface area (Å²) in [6.45, 7) is 4.78. The molecule has 0 radical (unpaired) electrons.